The second-order valence-corrected chi connectivity index (χ2v) is 3.66. The molecule has 6 heteroatoms. The van der Waals surface area contributed by atoms with Gasteiger partial charge in [-0.25, -0.2) is 9.78 Å². The number of aliphatic carboxylic acids is 1. The zero-order valence-electron chi connectivity index (χ0n) is 9.28. The maximum absolute atomic E-state index is 10.9. The number of hydrogen-bond acceptors (Lipinski definition) is 3. The molecule has 0 fully saturated rings. The topological polar surface area (TPSA) is 92.4 Å². The summed E-state index contributed by atoms with van der Waals surface area (Å²) in [7, 11) is 0. The molecule has 0 spiro atoms. The molecule has 0 aliphatic heterocycles. The Balaban J connectivity index is 2.31. The number of carboxylic acids is 2. The van der Waals surface area contributed by atoms with E-state index in [0.717, 1.165) is 0 Å². The monoisotopic (exact) mass is 246 g/mol. The van der Waals surface area contributed by atoms with E-state index in [1.165, 1.54) is 16.8 Å². The molecule has 2 heterocycles. The first-order valence-corrected chi connectivity index (χ1v) is 5.15. The van der Waals surface area contributed by atoms with Crippen LogP contribution in [0.5, 0.6) is 0 Å². The van der Waals surface area contributed by atoms with E-state index >= 15 is 0 Å². The highest BCUT2D eigenvalue weighted by molar-refractivity contribution is 5.86. The standard InChI is InChI=1S/C12H10N2O4/c15-11(16)6-8-3-4-10(13-7-8)14-5-1-2-9(14)12(17)18/h1-5,7H,6H2,(H,15,16)(H,17,18). The average molecular weight is 246 g/mol. The van der Waals surface area contributed by atoms with Gasteiger partial charge in [0.15, 0.2) is 0 Å². The lowest BCUT2D eigenvalue weighted by atomic mass is 10.2. The number of pyridine rings is 1. The Bertz CT molecular complexity index is 586. The zero-order chi connectivity index (χ0) is 13.1. The second kappa shape index (κ2) is 4.70. The van der Waals surface area contributed by atoms with E-state index in [1.54, 1.807) is 24.4 Å². The Morgan fingerprint density at radius 2 is 2.00 bits per heavy atom. The van der Waals surface area contributed by atoms with E-state index in [0.29, 0.717) is 11.4 Å². The molecule has 92 valence electrons. The fourth-order valence-corrected chi connectivity index (χ4v) is 1.59. The second-order valence-electron chi connectivity index (χ2n) is 3.66. The summed E-state index contributed by atoms with van der Waals surface area (Å²) >= 11 is 0. The molecule has 0 aliphatic carbocycles. The number of carbonyl (C=O) groups is 2. The van der Waals surface area contributed by atoms with Crippen LogP contribution in [0.25, 0.3) is 5.82 Å². The van der Waals surface area contributed by atoms with Gasteiger partial charge in [0.25, 0.3) is 0 Å². The van der Waals surface area contributed by atoms with Gasteiger partial charge in [-0.1, -0.05) is 6.07 Å². The third-order valence-electron chi connectivity index (χ3n) is 2.38. The largest absolute Gasteiger partial charge is 0.481 e. The highest BCUT2D eigenvalue weighted by Gasteiger charge is 2.11. The summed E-state index contributed by atoms with van der Waals surface area (Å²) in [5, 5.41) is 17.6. The average Bonchev–Trinajstić information content (AvgIpc) is 2.78. The van der Waals surface area contributed by atoms with Crippen LogP contribution in [0.2, 0.25) is 0 Å². The van der Waals surface area contributed by atoms with Crippen LogP contribution in [0.1, 0.15) is 16.1 Å². The molecule has 18 heavy (non-hydrogen) atoms. The molecular weight excluding hydrogens is 236 g/mol. The molecule has 0 saturated heterocycles. The molecule has 0 unspecified atom stereocenters. The fraction of sp³-hybridized carbons (Fsp3) is 0.0833. The van der Waals surface area contributed by atoms with Gasteiger partial charge < -0.3 is 10.2 Å². The molecule has 2 aromatic heterocycles. The predicted octanol–water partition coefficient (Wildman–Crippen LogP) is 1.20. The molecule has 0 atom stereocenters. The lowest BCUT2D eigenvalue weighted by Crippen LogP contribution is -2.07. The Morgan fingerprint density at radius 1 is 1.22 bits per heavy atom. The number of carboxylic acid groups (broad SMARTS) is 2. The maximum Gasteiger partial charge on any atom is 0.352 e. The first kappa shape index (κ1) is 11.8. The number of aromatic nitrogens is 2. The van der Waals surface area contributed by atoms with Crippen molar-refractivity contribution in [3.63, 3.8) is 0 Å². The summed E-state index contributed by atoms with van der Waals surface area (Å²) < 4.78 is 1.42. The van der Waals surface area contributed by atoms with Gasteiger partial charge in [0, 0.05) is 12.4 Å². The van der Waals surface area contributed by atoms with Gasteiger partial charge in [-0.2, -0.15) is 0 Å². The normalized spacial score (nSPS) is 10.2. The zero-order valence-corrected chi connectivity index (χ0v) is 9.28. The number of nitrogens with zero attached hydrogens (tertiary/aromatic N) is 2. The van der Waals surface area contributed by atoms with Crippen LogP contribution >= 0.6 is 0 Å². The number of rotatable bonds is 4. The van der Waals surface area contributed by atoms with E-state index in [9.17, 15) is 9.59 Å². The predicted molar refractivity (Wildman–Crippen MR) is 61.9 cm³/mol. The van der Waals surface area contributed by atoms with Gasteiger partial charge in [0.2, 0.25) is 0 Å². The van der Waals surface area contributed by atoms with Gasteiger partial charge >= 0.3 is 11.9 Å². The van der Waals surface area contributed by atoms with Crippen molar-refractivity contribution in [2.45, 2.75) is 6.42 Å². The molecule has 0 aliphatic rings. The molecule has 6 nitrogen and oxygen atoms in total. The minimum absolute atomic E-state index is 0.105. The summed E-state index contributed by atoms with van der Waals surface area (Å²) in [5.74, 6) is -1.54. The van der Waals surface area contributed by atoms with Crippen molar-refractivity contribution in [1.82, 2.24) is 9.55 Å². The quantitative estimate of drug-likeness (QED) is 0.845. The number of hydrogen-bond donors (Lipinski definition) is 2. The van der Waals surface area contributed by atoms with Gasteiger partial charge in [-0.05, 0) is 23.8 Å². The van der Waals surface area contributed by atoms with E-state index in [2.05, 4.69) is 4.98 Å². The summed E-state index contributed by atoms with van der Waals surface area (Å²) in [6.07, 6.45) is 2.91. The van der Waals surface area contributed by atoms with Gasteiger partial charge in [0.1, 0.15) is 11.5 Å². The summed E-state index contributed by atoms with van der Waals surface area (Å²) in [6.45, 7) is 0. The molecule has 0 bridgehead atoms. The van der Waals surface area contributed by atoms with Gasteiger partial charge in [-0.15, -0.1) is 0 Å². The number of aromatic carboxylic acids is 1. The minimum Gasteiger partial charge on any atom is -0.481 e. The highest BCUT2D eigenvalue weighted by Crippen LogP contribution is 2.11. The van der Waals surface area contributed by atoms with Gasteiger partial charge in [-0.3, -0.25) is 9.36 Å². The summed E-state index contributed by atoms with van der Waals surface area (Å²) in [5.41, 5.74) is 0.670. The molecular formula is C12H10N2O4. The first-order chi connectivity index (χ1) is 8.58. The Labute approximate surface area is 102 Å². The van der Waals surface area contributed by atoms with Crippen LogP contribution in [0.3, 0.4) is 0 Å². The van der Waals surface area contributed by atoms with Crippen molar-refractivity contribution in [2.24, 2.45) is 0 Å². The van der Waals surface area contributed by atoms with Crippen LogP contribution in [-0.2, 0) is 11.2 Å². The first-order valence-electron chi connectivity index (χ1n) is 5.15. The summed E-state index contributed by atoms with van der Waals surface area (Å²) in [6, 6.07) is 6.28. The van der Waals surface area contributed by atoms with E-state index in [-0.39, 0.29) is 12.1 Å². The summed E-state index contributed by atoms with van der Waals surface area (Å²) in [4.78, 5) is 25.5. The molecule has 2 rings (SSSR count). The van der Waals surface area contributed by atoms with Crippen LogP contribution < -0.4 is 0 Å². The molecule has 0 radical (unpaired) electrons. The van der Waals surface area contributed by atoms with E-state index in [1.807, 2.05) is 0 Å². The lowest BCUT2D eigenvalue weighted by molar-refractivity contribution is -0.136. The van der Waals surface area contributed by atoms with Crippen LogP contribution in [0.4, 0.5) is 0 Å². The van der Waals surface area contributed by atoms with Crippen molar-refractivity contribution in [3.05, 3.63) is 47.9 Å². The Morgan fingerprint density at radius 3 is 2.56 bits per heavy atom. The van der Waals surface area contributed by atoms with Crippen molar-refractivity contribution in [1.29, 1.82) is 0 Å². The van der Waals surface area contributed by atoms with Gasteiger partial charge in [0.05, 0.1) is 6.42 Å². The molecule has 2 aromatic rings. The minimum atomic E-state index is -1.04. The Kier molecular flexibility index (Phi) is 3.09. The molecule has 0 saturated carbocycles. The maximum atomic E-state index is 10.9. The molecule has 0 aromatic carbocycles. The lowest BCUT2D eigenvalue weighted by Gasteiger charge is -2.05. The van der Waals surface area contributed by atoms with Crippen molar-refractivity contribution in [3.8, 4) is 5.82 Å². The third kappa shape index (κ3) is 2.37. The third-order valence-corrected chi connectivity index (χ3v) is 2.38. The van der Waals surface area contributed by atoms with E-state index in [4.69, 9.17) is 10.2 Å². The van der Waals surface area contributed by atoms with E-state index < -0.39 is 11.9 Å². The van der Waals surface area contributed by atoms with Crippen LogP contribution in [0.15, 0.2) is 36.7 Å². The smallest absolute Gasteiger partial charge is 0.352 e. The SMILES string of the molecule is O=C(O)Cc1ccc(-n2cccc2C(=O)O)nc1. The Hall–Kier alpha value is -2.63. The molecule has 0 amide bonds. The van der Waals surface area contributed by atoms with Crippen molar-refractivity contribution >= 4 is 11.9 Å². The van der Waals surface area contributed by atoms with Crippen molar-refractivity contribution in [2.75, 3.05) is 0 Å². The molecule has 2 N–H and O–H groups in total. The highest BCUT2D eigenvalue weighted by atomic mass is 16.4. The van der Waals surface area contributed by atoms with Crippen LogP contribution in [-0.4, -0.2) is 31.7 Å². The van der Waals surface area contributed by atoms with Crippen LogP contribution in [0, 0.1) is 0 Å². The fourth-order valence-electron chi connectivity index (χ4n) is 1.59. The van der Waals surface area contributed by atoms with Crippen molar-refractivity contribution < 1.29 is 19.8 Å².